The molecule has 1 aliphatic carbocycles. The first-order valence-corrected chi connectivity index (χ1v) is 8.80. The lowest BCUT2D eigenvalue weighted by molar-refractivity contribution is 0.294. The van der Waals surface area contributed by atoms with Crippen molar-refractivity contribution in [3.8, 4) is 0 Å². The Labute approximate surface area is 131 Å². The molecule has 1 N–H and O–H groups in total. The predicted octanol–water partition coefficient (Wildman–Crippen LogP) is 5.30. The van der Waals surface area contributed by atoms with E-state index < -0.39 is 0 Å². The Bertz CT molecular complexity index is 409. The summed E-state index contributed by atoms with van der Waals surface area (Å²) in [5.41, 5.74) is 1.69. The SMILES string of the molecule is CC(CC(C)(C)c1ccccc1)NC1CCCCCC1C. The maximum Gasteiger partial charge on any atom is 0.00951 e. The van der Waals surface area contributed by atoms with Gasteiger partial charge in [0.05, 0.1) is 0 Å². The zero-order chi connectivity index (χ0) is 15.3. The Morgan fingerprint density at radius 2 is 1.76 bits per heavy atom. The van der Waals surface area contributed by atoms with Crippen molar-refractivity contribution in [3.05, 3.63) is 35.9 Å². The van der Waals surface area contributed by atoms with Gasteiger partial charge in [-0.1, -0.05) is 70.4 Å². The smallest absolute Gasteiger partial charge is 0.00951 e. The fourth-order valence-corrected chi connectivity index (χ4v) is 3.94. The molecule has 0 heterocycles. The number of nitrogens with one attached hydrogen (secondary N) is 1. The van der Waals surface area contributed by atoms with Crippen molar-refractivity contribution in [3.63, 3.8) is 0 Å². The molecule has 1 nitrogen and oxygen atoms in total. The van der Waals surface area contributed by atoms with Crippen LogP contribution in [-0.4, -0.2) is 12.1 Å². The third kappa shape index (κ3) is 4.85. The van der Waals surface area contributed by atoms with Crippen LogP contribution in [0.2, 0.25) is 0 Å². The second-order valence-electron chi connectivity index (χ2n) is 7.74. The Kier molecular flexibility index (Phi) is 5.87. The Hall–Kier alpha value is -0.820. The van der Waals surface area contributed by atoms with Gasteiger partial charge in [0, 0.05) is 12.1 Å². The van der Waals surface area contributed by atoms with Crippen LogP contribution in [0.15, 0.2) is 30.3 Å². The third-order valence-electron chi connectivity index (χ3n) is 5.23. The highest BCUT2D eigenvalue weighted by molar-refractivity contribution is 5.23. The highest BCUT2D eigenvalue weighted by Gasteiger charge is 2.26. The van der Waals surface area contributed by atoms with Gasteiger partial charge in [-0.25, -0.2) is 0 Å². The van der Waals surface area contributed by atoms with E-state index in [1.807, 2.05) is 0 Å². The summed E-state index contributed by atoms with van der Waals surface area (Å²) in [5.74, 6) is 0.829. The van der Waals surface area contributed by atoms with E-state index in [9.17, 15) is 0 Å². The summed E-state index contributed by atoms with van der Waals surface area (Å²) in [4.78, 5) is 0. The lowest BCUT2D eigenvalue weighted by atomic mass is 9.79. The molecule has 1 aliphatic rings. The molecule has 118 valence electrons. The second-order valence-corrected chi connectivity index (χ2v) is 7.74. The molecule has 3 unspecified atom stereocenters. The minimum atomic E-state index is 0.238. The van der Waals surface area contributed by atoms with Crippen LogP contribution in [0, 0.1) is 5.92 Å². The quantitative estimate of drug-likeness (QED) is 0.724. The zero-order valence-electron chi connectivity index (χ0n) is 14.4. The molecule has 3 atom stereocenters. The molecular weight excluding hydrogens is 254 g/mol. The first-order valence-electron chi connectivity index (χ1n) is 8.80. The van der Waals surface area contributed by atoms with Crippen LogP contribution >= 0.6 is 0 Å². The van der Waals surface area contributed by atoms with E-state index in [0.717, 1.165) is 5.92 Å². The number of hydrogen-bond acceptors (Lipinski definition) is 1. The summed E-state index contributed by atoms with van der Waals surface area (Å²) < 4.78 is 0. The molecular formula is C20H33N. The van der Waals surface area contributed by atoms with Crippen molar-refractivity contribution in [1.82, 2.24) is 5.32 Å². The molecule has 0 bridgehead atoms. The van der Waals surface area contributed by atoms with Gasteiger partial charge in [-0.15, -0.1) is 0 Å². The van der Waals surface area contributed by atoms with Gasteiger partial charge in [0.2, 0.25) is 0 Å². The fraction of sp³-hybridized carbons (Fsp3) is 0.700. The summed E-state index contributed by atoms with van der Waals surface area (Å²) in [6.45, 7) is 9.54. The minimum Gasteiger partial charge on any atom is -0.311 e. The summed E-state index contributed by atoms with van der Waals surface area (Å²) in [7, 11) is 0. The monoisotopic (exact) mass is 287 g/mol. The molecule has 0 saturated heterocycles. The van der Waals surface area contributed by atoms with Crippen molar-refractivity contribution >= 4 is 0 Å². The van der Waals surface area contributed by atoms with Crippen LogP contribution in [0.25, 0.3) is 0 Å². The molecule has 0 aromatic heterocycles. The number of hydrogen-bond donors (Lipinski definition) is 1. The number of rotatable bonds is 5. The molecule has 1 heteroatoms. The van der Waals surface area contributed by atoms with Crippen molar-refractivity contribution in [1.29, 1.82) is 0 Å². The van der Waals surface area contributed by atoms with Gasteiger partial charge in [0.1, 0.15) is 0 Å². The molecule has 1 aromatic carbocycles. The highest BCUT2D eigenvalue weighted by atomic mass is 15.0. The maximum absolute atomic E-state index is 3.93. The van der Waals surface area contributed by atoms with Gasteiger partial charge < -0.3 is 5.32 Å². The molecule has 2 rings (SSSR count). The molecule has 1 saturated carbocycles. The molecule has 0 spiro atoms. The van der Waals surface area contributed by atoms with Gasteiger partial charge in [0.15, 0.2) is 0 Å². The van der Waals surface area contributed by atoms with Crippen LogP contribution in [-0.2, 0) is 5.41 Å². The van der Waals surface area contributed by atoms with Gasteiger partial charge in [-0.05, 0) is 43.1 Å². The Morgan fingerprint density at radius 3 is 2.48 bits per heavy atom. The lowest BCUT2D eigenvalue weighted by Gasteiger charge is -2.33. The van der Waals surface area contributed by atoms with Crippen LogP contribution < -0.4 is 5.32 Å². The van der Waals surface area contributed by atoms with Crippen LogP contribution in [0.3, 0.4) is 0 Å². The molecule has 1 aromatic rings. The van der Waals surface area contributed by atoms with Crippen LogP contribution in [0.1, 0.15) is 71.8 Å². The average Bonchev–Trinajstić information content (AvgIpc) is 2.64. The van der Waals surface area contributed by atoms with Gasteiger partial charge >= 0.3 is 0 Å². The predicted molar refractivity (Wildman–Crippen MR) is 92.7 cm³/mol. The first kappa shape index (κ1) is 16.5. The van der Waals surface area contributed by atoms with Gasteiger partial charge in [-0.2, -0.15) is 0 Å². The van der Waals surface area contributed by atoms with Gasteiger partial charge in [0.25, 0.3) is 0 Å². The van der Waals surface area contributed by atoms with E-state index >= 15 is 0 Å². The topological polar surface area (TPSA) is 12.0 Å². The average molecular weight is 287 g/mol. The van der Waals surface area contributed by atoms with Crippen LogP contribution in [0.4, 0.5) is 0 Å². The Balaban J connectivity index is 1.92. The van der Waals surface area contributed by atoms with Crippen molar-refractivity contribution in [2.45, 2.75) is 83.7 Å². The van der Waals surface area contributed by atoms with Crippen molar-refractivity contribution in [2.75, 3.05) is 0 Å². The molecule has 21 heavy (non-hydrogen) atoms. The van der Waals surface area contributed by atoms with Gasteiger partial charge in [-0.3, -0.25) is 0 Å². The van der Waals surface area contributed by atoms with E-state index in [1.165, 1.54) is 44.1 Å². The maximum atomic E-state index is 3.93. The Morgan fingerprint density at radius 1 is 1.10 bits per heavy atom. The number of benzene rings is 1. The van der Waals surface area contributed by atoms with Crippen molar-refractivity contribution in [2.24, 2.45) is 5.92 Å². The second kappa shape index (κ2) is 7.45. The summed E-state index contributed by atoms with van der Waals surface area (Å²) in [6.07, 6.45) is 8.19. The molecule has 1 fully saturated rings. The zero-order valence-corrected chi connectivity index (χ0v) is 14.4. The van der Waals surface area contributed by atoms with Crippen LogP contribution in [0.5, 0.6) is 0 Å². The van der Waals surface area contributed by atoms with E-state index in [0.29, 0.717) is 12.1 Å². The minimum absolute atomic E-state index is 0.238. The van der Waals surface area contributed by atoms with E-state index in [1.54, 1.807) is 0 Å². The summed E-state index contributed by atoms with van der Waals surface area (Å²) >= 11 is 0. The standard InChI is InChI=1S/C20H33N/c1-16-11-7-5-10-14-19(16)21-17(2)15-20(3,4)18-12-8-6-9-13-18/h6,8-9,12-13,16-17,19,21H,5,7,10-11,14-15H2,1-4H3. The first-order chi connectivity index (χ1) is 9.99. The molecule has 0 amide bonds. The fourth-order valence-electron chi connectivity index (χ4n) is 3.94. The molecule has 0 radical (unpaired) electrons. The van der Waals surface area contributed by atoms with Crippen molar-refractivity contribution < 1.29 is 0 Å². The lowest BCUT2D eigenvalue weighted by Crippen LogP contribution is -2.42. The molecule has 0 aliphatic heterocycles. The van der Waals surface area contributed by atoms with E-state index in [4.69, 9.17) is 0 Å². The largest absolute Gasteiger partial charge is 0.311 e. The van der Waals surface area contributed by atoms with E-state index in [-0.39, 0.29) is 5.41 Å². The summed E-state index contributed by atoms with van der Waals surface area (Å²) in [5, 5.41) is 3.93. The van der Waals surface area contributed by atoms with E-state index in [2.05, 4.69) is 63.3 Å². The normalized spacial score (nSPS) is 25.3. The highest BCUT2D eigenvalue weighted by Crippen LogP contribution is 2.29. The third-order valence-corrected chi connectivity index (χ3v) is 5.23. The summed E-state index contributed by atoms with van der Waals surface area (Å²) in [6, 6.07) is 12.2.